The topological polar surface area (TPSA) is 78.9 Å². The zero-order valence-electron chi connectivity index (χ0n) is 46.1. The highest BCUT2D eigenvalue weighted by atomic mass is 16.6. The molecule has 0 aliphatic heterocycles. The van der Waals surface area contributed by atoms with Gasteiger partial charge in [-0.15, -0.1) is 0 Å². The molecule has 6 heteroatoms. The summed E-state index contributed by atoms with van der Waals surface area (Å²) in [5, 5.41) is 0. The minimum atomic E-state index is -0.793. The zero-order chi connectivity index (χ0) is 50.0. The van der Waals surface area contributed by atoms with Crippen molar-refractivity contribution in [2.45, 2.75) is 322 Å². The summed E-state index contributed by atoms with van der Waals surface area (Å²) in [6, 6.07) is 0. The van der Waals surface area contributed by atoms with E-state index >= 15 is 0 Å². The van der Waals surface area contributed by atoms with Crippen LogP contribution in [-0.4, -0.2) is 37.2 Å². The molecule has 69 heavy (non-hydrogen) atoms. The van der Waals surface area contributed by atoms with Gasteiger partial charge in [0, 0.05) is 19.3 Å². The lowest BCUT2D eigenvalue weighted by molar-refractivity contribution is -0.167. The number of ether oxygens (including phenoxy) is 3. The van der Waals surface area contributed by atoms with E-state index in [4.69, 9.17) is 14.2 Å². The maximum Gasteiger partial charge on any atom is 0.306 e. The molecule has 0 N–H and O–H groups in total. The number of esters is 3. The summed E-state index contributed by atoms with van der Waals surface area (Å²) in [6.45, 7) is 6.63. The van der Waals surface area contributed by atoms with Crippen molar-refractivity contribution >= 4 is 17.9 Å². The number of unbranched alkanes of at least 4 members (excludes halogenated alkanes) is 36. The molecule has 0 radical (unpaired) electrons. The van der Waals surface area contributed by atoms with Crippen LogP contribution in [0, 0.1) is 0 Å². The summed E-state index contributed by atoms with van der Waals surface area (Å²) < 4.78 is 16.9. The van der Waals surface area contributed by atoms with Gasteiger partial charge in [-0.2, -0.15) is 0 Å². The van der Waals surface area contributed by atoms with E-state index in [-0.39, 0.29) is 31.1 Å². The Morgan fingerprint density at radius 3 is 0.884 bits per heavy atom. The van der Waals surface area contributed by atoms with Crippen molar-refractivity contribution in [2.24, 2.45) is 0 Å². The second-order valence-electron chi connectivity index (χ2n) is 20.3. The van der Waals surface area contributed by atoms with Crippen molar-refractivity contribution in [1.29, 1.82) is 0 Å². The largest absolute Gasteiger partial charge is 0.462 e. The van der Waals surface area contributed by atoms with Gasteiger partial charge in [0.15, 0.2) is 6.10 Å². The van der Waals surface area contributed by atoms with Crippen molar-refractivity contribution in [1.82, 2.24) is 0 Å². The molecule has 402 valence electrons. The van der Waals surface area contributed by atoms with E-state index < -0.39 is 6.10 Å². The van der Waals surface area contributed by atoms with Crippen LogP contribution in [-0.2, 0) is 28.6 Å². The summed E-state index contributed by atoms with van der Waals surface area (Å²) in [7, 11) is 0. The summed E-state index contributed by atoms with van der Waals surface area (Å²) >= 11 is 0. The van der Waals surface area contributed by atoms with Crippen molar-refractivity contribution in [2.75, 3.05) is 13.2 Å². The van der Waals surface area contributed by atoms with Gasteiger partial charge in [0.2, 0.25) is 0 Å². The minimum absolute atomic E-state index is 0.0878. The molecular weight excluding hydrogens is 853 g/mol. The first-order valence-electron chi connectivity index (χ1n) is 30.1. The van der Waals surface area contributed by atoms with E-state index in [1.54, 1.807) is 0 Å². The second-order valence-corrected chi connectivity index (χ2v) is 20.3. The number of hydrogen-bond donors (Lipinski definition) is 0. The Morgan fingerprint density at radius 2 is 0.536 bits per heavy atom. The van der Waals surface area contributed by atoms with Crippen molar-refractivity contribution in [3.8, 4) is 0 Å². The van der Waals surface area contributed by atoms with Gasteiger partial charge in [0.25, 0.3) is 0 Å². The van der Waals surface area contributed by atoms with Gasteiger partial charge >= 0.3 is 17.9 Å². The molecule has 0 aromatic rings. The fraction of sp³-hybridized carbons (Fsp3) is 0.825. The van der Waals surface area contributed by atoms with Gasteiger partial charge in [-0.05, 0) is 77.0 Å². The van der Waals surface area contributed by atoms with Crippen LogP contribution >= 0.6 is 0 Å². The van der Waals surface area contributed by atoms with Crippen LogP contribution in [0.5, 0.6) is 0 Å². The molecule has 0 unspecified atom stereocenters. The molecule has 0 rings (SSSR count). The van der Waals surface area contributed by atoms with E-state index in [0.717, 1.165) is 57.8 Å². The Labute approximate surface area is 428 Å². The zero-order valence-corrected chi connectivity index (χ0v) is 46.1. The molecule has 0 aromatic carbocycles. The molecule has 0 heterocycles. The molecule has 0 amide bonds. The number of allylic oxidation sites excluding steroid dienone is 8. The number of carbonyl (C=O) groups is 3. The van der Waals surface area contributed by atoms with Crippen LogP contribution in [0.2, 0.25) is 0 Å². The van der Waals surface area contributed by atoms with Crippen LogP contribution in [0.25, 0.3) is 0 Å². The molecule has 6 nitrogen and oxygen atoms in total. The summed E-state index contributed by atoms with van der Waals surface area (Å²) in [6.07, 6.45) is 71.1. The quantitative estimate of drug-likeness (QED) is 0.0262. The van der Waals surface area contributed by atoms with Crippen LogP contribution in [0.3, 0.4) is 0 Å². The van der Waals surface area contributed by atoms with Crippen LogP contribution in [0.15, 0.2) is 48.6 Å². The van der Waals surface area contributed by atoms with E-state index in [1.807, 2.05) is 0 Å². The number of hydrogen-bond acceptors (Lipinski definition) is 6. The maximum absolute atomic E-state index is 12.9. The molecule has 0 bridgehead atoms. The predicted molar refractivity (Wildman–Crippen MR) is 298 cm³/mol. The minimum Gasteiger partial charge on any atom is -0.462 e. The fourth-order valence-electron chi connectivity index (χ4n) is 8.75. The standard InChI is InChI=1S/C63H114O6/c1-4-7-10-13-16-19-22-25-28-31-34-37-40-43-46-49-52-55-61(64)67-58-60(69-63(66)57-54-51-48-45-42-39-36-33-30-27-24-21-18-15-12-9-6-3)59-68-62(65)56-53-50-47-44-41-38-35-32-29-26-23-20-17-14-11-8-5-2/h25-26,28-29,34,37,43,46,60H,4-24,27,30-33,35-36,38-42,44-45,47-59H2,1-3H3/b28-25-,29-26-,37-34-,46-43-/t60-/m1/s1. The van der Waals surface area contributed by atoms with Crippen LogP contribution in [0.4, 0.5) is 0 Å². The maximum atomic E-state index is 12.9. The first kappa shape index (κ1) is 66.4. The second kappa shape index (κ2) is 57.9. The van der Waals surface area contributed by atoms with E-state index in [2.05, 4.69) is 69.4 Å². The van der Waals surface area contributed by atoms with Crippen LogP contribution < -0.4 is 0 Å². The first-order chi connectivity index (χ1) is 34.0. The van der Waals surface area contributed by atoms with Crippen molar-refractivity contribution in [3.05, 3.63) is 48.6 Å². The number of rotatable bonds is 55. The summed E-state index contributed by atoms with van der Waals surface area (Å²) in [5.74, 6) is -0.929. The molecule has 0 aliphatic carbocycles. The molecule has 0 saturated heterocycles. The smallest absolute Gasteiger partial charge is 0.306 e. The van der Waals surface area contributed by atoms with E-state index in [0.29, 0.717) is 25.7 Å². The molecular formula is C63H114O6. The molecule has 0 fully saturated rings. The lowest BCUT2D eigenvalue weighted by Gasteiger charge is -2.18. The summed E-state index contributed by atoms with van der Waals surface area (Å²) in [5.41, 5.74) is 0. The van der Waals surface area contributed by atoms with Gasteiger partial charge in [0.05, 0.1) is 0 Å². The van der Waals surface area contributed by atoms with Gasteiger partial charge in [-0.25, -0.2) is 0 Å². The van der Waals surface area contributed by atoms with E-state index in [9.17, 15) is 14.4 Å². The highest BCUT2D eigenvalue weighted by molar-refractivity contribution is 5.71. The highest BCUT2D eigenvalue weighted by Gasteiger charge is 2.19. The SMILES string of the molecule is CCCCCCCC/C=C\C/C=C\C/C=C\CCCC(=O)OC[C@H](COC(=O)CCCCCCCCC/C=C\CCCCCCCC)OC(=O)CCCCCCCCCCCCCCCCCCC. The first-order valence-corrected chi connectivity index (χ1v) is 30.1. The molecule has 0 spiro atoms. The number of carbonyl (C=O) groups excluding carboxylic acids is 3. The lowest BCUT2D eigenvalue weighted by atomic mass is 10.0. The molecule has 1 atom stereocenters. The Bertz CT molecular complexity index is 1200. The van der Waals surface area contributed by atoms with Gasteiger partial charge < -0.3 is 14.2 Å². The Balaban J connectivity index is 4.42. The van der Waals surface area contributed by atoms with Gasteiger partial charge in [-0.1, -0.05) is 268 Å². The van der Waals surface area contributed by atoms with Crippen LogP contribution in [0.1, 0.15) is 316 Å². The Hall–Kier alpha value is -2.63. The summed E-state index contributed by atoms with van der Waals surface area (Å²) in [4.78, 5) is 38.2. The van der Waals surface area contributed by atoms with Gasteiger partial charge in [0.1, 0.15) is 13.2 Å². The van der Waals surface area contributed by atoms with Crippen molar-refractivity contribution in [3.63, 3.8) is 0 Å². The normalized spacial score (nSPS) is 12.3. The Morgan fingerprint density at radius 1 is 0.290 bits per heavy atom. The van der Waals surface area contributed by atoms with Gasteiger partial charge in [-0.3, -0.25) is 14.4 Å². The molecule has 0 saturated carbocycles. The highest BCUT2D eigenvalue weighted by Crippen LogP contribution is 2.16. The average molecular weight is 968 g/mol. The monoisotopic (exact) mass is 967 g/mol. The molecule has 0 aliphatic rings. The third-order valence-electron chi connectivity index (χ3n) is 13.3. The van der Waals surface area contributed by atoms with E-state index in [1.165, 1.54) is 212 Å². The lowest BCUT2D eigenvalue weighted by Crippen LogP contribution is -2.30. The average Bonchev–Trinajstić information content (AvgIpc) is 3.35. The fourth-order valence-corrected chi connectivity index (χ4v) is 8.75. The Kier molecular flexibility index (Phi) is 55.7. The predicted octanol–water partition coefficient (Wildman–Crippen LogP) is 20.2. The van der Waals surface area contributed by atoms with Crippen molar-refractivity contribution < 1.29 is 28.6 Å². The third kappa shape index (κ3) is 56.2. The third-order valence-corrected chi connectivity index (χ3v) is 13.3. The molecule has 0 aromatic heterocycles.